The molecule has 0 radical (unpaired) electrons. The van der Waals surface area contributed by atoms with Crippen molar-refractivity contribution < 1.29 is 43.4 Å². The standard InChI is InChI=1S/C24H26FN3O8/c1-8(29)27-7-10-6-13(30)15-11(17(10)25)4-9-5-12-18(28(2)3)20(32)16(23(26)35)22(34)24(12,36)21(33)14(9)19(15)31/h6,9,12,14,16,18,30,36H,4-5,7H2,1-3H3,(H2,26,35)(H,27,29)/t9-,12-,14?,16?,18-,24-/m0/s1. The fourth-order valence-electron chi connectivity index (χ4n) is 6.06. The first kappa shape index (κ1) is 25.6. The second-order valence-electron chi connectivity index (χ2n) is 9.92. The third-order valence-electron chi connectivity index (χ3n) is 7.60. The summed E-state index contributed by atoms with van der Waals surface area (Å²) in [4.78, 5) is 77.8. The number of ketones is 4. The Morgan fingerprint density at radius 1 is 1.22 bits per heavy atom. The van der Waals surface area contributed by atoms with Crippen molar-refractivity contribution in [3.05, 3.63) is 28.6 Å². The third-order valence-corrected chi connectivity index (χ3v) is 7.60. The molecule has 3 aliphatic carbocycles. The quantitative estimate of drug-likeness (QED) is 0.360. The van der Waals surface area contributed by atoms with Crippen LogP contribution in [0.2, 0.25) is 0 Å². The number of nitrogens with one attached hydrogen (secondary N) is 1. The van der Waals surface area contributed by atoms with Gasteiger partial charge >= 0.3 is 0 Å². The van der Waals surface area contributed by atoms with E-state index in [-0.39, 0.29) is 30.5 Å². The van der Waals surface area contributed by atoms with Crippen LogP contribution in [0.5, 0.6) is 5.75 Å². The smallest absolute Gasteiger partial charge is 0.235 e. The van der Waals surface area contributed by atoms with Crippen molar-refractivity contribution in [2.45, 2.75) is 38.0 Å². The van der Waals surface area contributed by atoms with Gasteiger partial charge < -0.3 is 21.3 Å². The SMILES string of the molecule is CC(=O)NCc1cc(O)c2c(c1F)C[C@H]1C[C@H]3[C@H](N(C)C)C(=O)C(C(N)=O)C(=O)[C@@]3(O)C(=O)C1C2=O. The van der Waals surface area contributed by atoms with Crippen molar-refractivity contribution in [1.29, 1.82) is 0 Å². The molecule has 5 N–H and O–H groups in total. The molecule has 1 aromatic rings. The maximum atomic E-state index is 15.4. The number of amides is 2. The molecule has 12 heteroatoms. The maximum absolute atomic E-state index is 15.4. The molecular formula is C24H26FN3O8. The van der Waals surface area contributed by atoms with Crippen molar-refractivity contribution in [3.63, 3.8) is 0 Å². The normalized spacial score (nSPS) is 31.6. The van der Waals surface area contributed by atoms with E-state index < -0.39 is 87.4 Å². The van der Waals surface area contributed by atoms with Gasteiger partial charge in [0.2, 0.25) is 11.8 Å². The summed E-state index contributed by atoms with van der Waals surface area (Å²) in [6.07, 6.45) is -0.376. The Labute approximate surface area is 204 Å². The minimum Gasteiger partial charge on any atom is -0.507 e. The number of aliphatic hydroxyl groups is 1. The Kier molecular flexibility index (Phi) is 6.08. The molecule has 36 heavy (non-hydrogen) atoms. The summed E-state index contributed by atoms with van der Waals surface area (Å²) >= 11 is 0. The van der Waals surface area contributed by atoms with Gasteiger partial charge in [0, 0.05) is 30.5 Å². The number of phenols is 1. The van der Waals surface area contributed by atoms with E-state index in [2.05, 4.69) is 5.32 Å². The van der Waals surface area contributed by atoms with E-state index in [0.717, 1.165) is 6.07 Å². The number of nitrogens with zero attached hydrogens (tertiary/aromatic N) is 1. The molecule has 11 nitrogen and oxygen atoms in total. The molecule has 6 atom stereocenters. The Balaban J connectivity index is 1.83. The second-order valence-corrected chi connectivity index (χ2v) is 9.92. The zero-order valence-corrected chi connectivity index (χ0v) is 19.8. The number of hydrogen-bond donors (Lipinski definition) is 4. The average Bonchev–Trinajstić information content (AvgIpc) is 2.77. The van der Waals surface area contributed by atoms with E-state index in [9.17, 15) is 39.0 Å². The van der Waals surface area contributed by atoms with Gasteiger partial charge in [-0.05, 0) is 38.9 Å². The fraction of sp³-hybridized carbons (Fsp3) is 0.500. The van der Waals surface area contributed by atoms with E-state index in [0.29, 0.717) is 0 Å². The van der Waals surface area contributed by atoms with Crippen molar-refractivity contribution in [3.8, 4) is 5.75 Å². The number of hydrogen-bond acceptors (Lipinski definition) is 9. The number of halogens is 1. The van der Waals surface area contributed by atoms with Crippen LogP contribution in [-0.2, 0) is 36.9 Å². The number of Topliss-reactive ketones (excluding diaryl/α,β-unsaturated/α-hetero) is 4. The number of carbonyl (C=O) groups excluding carboxylic acids is 6. The van der Waals surface area contributed by atoms with Crippen molar-refractivity contribution in [2.24, 2.45) is 29.4 Å². The molecular weight excluding hydrogens is 477 g/mol. The van der Waals surface area contributed by atoms with E-state index in [1.807, 2.05) is 0 Å². The maximum Gasteiger partial charge on any atom is 0.235 e. The topological polar surface area (TPSA) is 184 Å². The van der Waals surface area contributed by atoms with Crippen LogP contribution in [0.1, 0.15) is 34.8 Å². The van der Waals surface area contributed by atoms with E-state index in [1.165, 1.54) is 25.9 Å². The van der Waals surface area contributed by atoms with Crippen LogP contribution in [0, 0.1) is 29.5 Å². The molecule has 0 saturated heterocycles. The number of rotatable bonds is 4. The highest BCUT2D eigenvalue weighted by Crippen LogP contribution is 2.51. The van der Waals surface area contributed by atoms with Gasteiger partial charge in [0.05, 0.1) is 17.5 Å². The van der Waals surface area contributed by atoms with Crippen LogP contribution in [0.4, 0.5) is 4.39 Å². The van der Waals surface area contributed by atoms with Crippen LogP contribution in [-0.4, -0.2) is 75.8 Å². The number of primary amides is 1. The highest BCUT2D eigenvalue weighted by molar-refractivity contribution is 6.32. The summed E-state index contributed by atoms with van der Waals surface area (Å²) in [6, 6.07) is -0.265. The first-order valence-corrected chi connectivity index (χ1v) is 11.4. The lowest BCUT2D eigenvalue weighted by atomic mass is 9.52. The molecule has 2 unspecified atom stereocenters. The molecule has 2 fully saturated rings. The summed E-state index contributed by atoms with van der Waals surface area (Å²) in [5.74, 6) is -13.4. The lowest BCUT2D eigenvalue weighted by Gasteiger charge is -2.52. The number of benzene rings is 1. The molecule has 0 spiro atoms. The van der Waals surface area contributed by atoms with Gasteiger partial charge in [0.15, 0.2) is 34.7 Å². The minimum absolute atomic E-state index is 0.0650. The average molecular weight is 503 g/mol. The van der Waals surface area contributed by atoms with Crippen LogP contribution in [0.15, 0.2) is 6.07 Å². The van der Waals surface area contributed by atoms with Crippen LogP contribution >= 0.6 is 0 Å². The first-order valence-electron chi connectivity index (χ1n) is 11.4. The van der Waals surface area contributed by atoms with Gasteiger partial charge in [-0.3, -0.25) is 33.7 Å². The van der Waals surface area contributed by atoms with Gasteiger partial charge in [-0.1, -0.05) is 0 Å². The number of nitrogens with two attached hydrogens (primary N) is 1. The number of likely N-dealkylation sites (N-methyl/N-ethyl adjacent to an activating group) is 1. The van der Waals surface area contributed by atoms with Gasteiger partial charge in [-0.2, -0.15) is 0 Å². The molecule has 2 saturated carbocycles. The van der Waals surface area contributed by atoms with Gasteiger partial charge in [-0.25, -0.2) is 4.39 Å². The van der Waals surface area contributed by atoms with Gasteiger partial charge in [0.1, 0.15) is 11.6 Å². The predicted molar refractivity (Wildman–Crippen MR) is 119 cm³/mol. The summed E-state index contributed by atoms with van der Waals surface area (Å²) in [5, 5.41) is 24.4. The zero-order valence-electron chi connectivity index (χ0n) is 19.8. The molecule has 0 aliphatic heterocycles. The monoisotopic (exact) mass is 503 g/mol. The van der Waals surface area contributed by atoms with E-state index in [1.54, 1.807) is 0 Å². The number of carbonyl (C=O) groups is 6. The summed E-state index contributed by atoms with van der Waals surface area (Å²) in [5.41, 5.74) is 1.77. The number of fused-ring (bicyclic) bond motifs is 3. The number of aromatic hydroxyl groups is 1. The summed E-state index contributed by atoms with van der Waals surface area (Å²) in [6.45, 7) is 0.988. The molecule has 0 aromatic heterocycles. The van der Waals surface area contributed by atoms with Crippen molar-refractivity contribution in [2.75, 3.05) is 14.1 Å². The predicted octanol–water partition coefficient (Wildman–Crippen LogP) is -1.36. The molecule has 2 amide bonds. The Morgan fingerprint density at radius 3 is 2.42 bits per heavy atom. The third kappa shape index (κ3) is 3.46. The van der Waals surface area contributed by atoms with Gasteiger partial charge in [-0.15, -0.1) is 0 Å². The molecule has 3 aliphatic rings. The molecule has 4 rings (SSSR count). The fourth-order valence-corrected chi connectivity index (χ4v) is 6.06. The van der Waals surface area contributed by atoms with E-state index in [4.69, 9.17) is 5.73 Å². The highest BCUT2D eigenvalue weighted by atomic mass is 19.1. The molecule has 0 heterocycles. The zero-order chi connectivity index (χ0) is 26.9. The van der Waals surface area contributed by atoms with Gasteiger partial charge in [0.25, 0.3) is 0 Å². The highest BCUT2D eigenvalue weighted by Gasteiger charge is 2.69. The van der Waals surface area contributed by atoms with Crippen molar-refractivity contribution >= 4 is 34.9 Å². The summed E-state index contributed by atoms with van der Waals surface area (Å²) in [7, 11) is 2.95. The Morgan fingerprint density at radius 2 is 1.86 bits per heavy atom. The van der Waals surface area contributed by atoms with Crippen molar-refractivity contribution in [1.82, 2.24) is 10.2 Å². The minimum atomic E-state index is -2.84. The lowest BCUT2D eigenvalue weighted by molar-refractivity contribution is -0.181. The van der Waals surface area contributed by atoms with Crippen LogP contribution in [0.25, 0.3) is 0 Å². The Hall–Kier alpha value is -3.51. The molecule has 0 bridgehead atoms. The molecule has 192 valence electrons. The number of phenolic OH excluding ortho intramolecular Hbond substituents is 1. The summed E-state index contributed by atoms with van der Waals surface area (Å²) < 4.78 is 15.4. The van der Waals surface area contributed by atoms with Crippen LogP contribution in [0.3, 0.4) is 0 Å². The molecule has 1 aromatic carbocycles. The first-order chi connectivity index (χ1) is 16.7. The van der Waals surface area contributed by atoms with Crippen LogP contribution < -0.4 is 11.1 Å². The largest absolute Gasteiger partial charge is 0.507 e. The van der Waals surface area contributed by atoms with E-state index >= 15 is 4.39 Å². The lowest BCUT2D eigenvalue weighted by Crippen LogP contribution is -2.74. The second kappa shape index (κ2) is 8.56. The Bertz CT molecular complexity index is 1240.